The maximum Gasteiger partial charge on any atom is 0.257 e. The van der Waals surface area contributed by atoms with E-state index in [0.29, 0.717) is 5.22 Å². The zero-order chi connectivity index (χ0) is 13.9. The third-order valence-electron chi connectivity index (χ3n) is 3.11. The molecule has 4 heteroatoms. The van der Waals surface area contributed by atoms with Crippen molar-refractivity contribution in [2.75, 3.05) is 0 Å². The van der Waals surface area contributed by atoms with Crippen LogP contribution in [0.2, 0.25) is 0 Å². The van der Waals surface area contributed by atoms with E-state index in [0.717, 1.165) is 11.1 Å². The largest absolute Gasteiger partial charge is 0.431 e. The second-order valence-electron chi connectivity index (χ2n) is 4.76. The van der Waals surface area contributed by atoms with Gasteiger partial charge < -0.3 is 10.2 Å². The van der Waals surface area contributed by atoms with Crippen molar-refractivity contribution in [2.45, 2.75) is 23.4 Å². The van der Waals surface area contributed by atoms with Gasteiger partial charge in [-0.3, -0.25) is 0 Å². The van der Waals surface area contributed by atoms with Gasteiger partial charge in [0, 0.05) is 6.04 Å². The van der Waals surface area contributed by atoms with E-state index in [1.807, 2.05) is 49.4 Å². The van der Waals surface area contributed by atoms with Gasteiger partial charge in [0.25, 0.3) is 5.22 Å². The second kappa shape index (κ2) is 5.69. The highest BCUT2D eigenvalue weighted by Gasteiger charge is 2.20. The molecule has 0 fully saturated rings. The Balaban J connectivity index is 1.90. The molecule has 0 radical (unpaired) electrons. The van der Waals surface area contributed by atoms with Gasteiger partial charge in [-0.2, -0.15) is 0 Å². The molecule has 102 valence electrons. The highest BCUT2D eigenvalue weighted by Crippen LogP contribution is 2.37. The Labute approximate surface area is 122 Å². The van der Waals surface area contributed by atoms with E-state index >= 15 is 0 Å². The molecule has 2 aromatic carbocycles. The molecule has 0 saturated carbocycles. The third-order valence-corrected chi connectivity index (χ3v) is 4.44. The molecule has 0 aliphatic heterocycles. The minimum Gasteiger partial charge on any atom is -0.431 e. The normalized spacial score (nSPS) is 14.3. The summed E-state index contributed by atoms with van der Waals surface area (Å²) in [6.45, 7) is 2.01. The number of rotatable bonds is 4. The number of aromatic nitrogens is 1. The highest BCUT2D eigenvalue weighted by atomic mass is 32.2. The number of nitrogens with two attached hydrogens (primary N) is 1. The van der Waals surface area contributed by atoms with Crippen molar-refractivity contribution in [1.29, 1.82) is 0 Å². The minimum absolute atomic E-state index is 0.0115. The van der Waals surface area contributed by atoms with Crippen LogP contribution in [0.25, 0.3) is 11.1 Å². The van der Waals surface area contributed by atoms with Gasteiger partial charge in [-0.1, -0.05) is 54.2 Å². The summed E-state index contributed by atoms with van der Waals surface area (Å²) < 4.78 is 5.77. The van der Waals surface area contributed by atoms with Crippen molar-refractivity contribution in [1.82, 2.24) is 4.98 Å². The fraction of sp³-hybridized carbons (Fsp3) is 0.188. The summed E-state index contributed by atoms with van der Waals surface area (Å²) in [6, 6.07) is 18.0. The van der Waals surface area contributed by atoms with Crippen LogP contribution in [0.4, 0.5) is 0 Å². The fourth-order valence-corrected chi connectivity index (χ4v) is 3.15. The number of benzene rings is 2. The molecule has 0 amide bonds. The van der Waals surface area contributed by atoms with Crippen LogP contribution in [0.3, 0.4) is 0 Å². The van der Waals surface area contributed by atoms with Crippen LogP contribution in [-0.4, -0.2) is 11.0 Å². The SMILES string of the molecule is CC(N)C(Sc1nc2ccccc2o1)c1ccccc1. The predicted octanol–water partition coefficient (Wildman–Crippen LogP) is 4.01. The van der Waals surface area contributed by atoms with Crippen molar-refractivity contribution in [3.63, 3.8) is 0 Å². The minimum atomic E-state index is 0.0115. The lowest BCUT2D eigenvalue weighted by atomic mass is 10.1. The van der Waals surface area contributed by atoms with Crippen LogP contribution in [0.5, 0.6) is 0 Å². The third kappa shape index (κ3) is 2.71. The van der Waals surface area contributed by atoms with E-state index in [-0.39, 0.29) is 11.3 Å². The number of nitrogens with zero attached hydrogens (tertiary/aromatic N) is 1. The summed E-state index contributed by atoms with van der Waals surface area (Å²) in [4.78, 5) is 4.50. The van der Waals surface area contributed by atoms with Gasteiger partial charge in [-0.25, -0.2) is 4.98 Å². The van der Waals surface area contributed by atoms with Crippen LogP contribution in [0.1, 0.15) is 17.7 Å². The van der Waals surface area contributed by atoms with Gasteiger partial charge in [0.05, 0.1) is 5.25 Å². The van der Waals surface area contributed by atoms with Crippen molar-refractivity contribution < 1.29 is 4.42 Å². The van der Waals surface area contributed by atoms with Gasteiger partial charge in [-0.15, -0.1) is 0 Å². The number of hydrogen-bond acceptors (Lipinski definition) is 4. The molecular weight excluding hydrogens is 268 g/mol. The molecule has 3 aromatic rings. The van der Waals surface area contributed by atoms with Gasteiger partial charge in [0.1, 0.15) is 5.52 Å². The van der Waals surface area contributed by atoms with Gasteiger partial charge in [0.2, 0.25) is 0 Å². The molecule has 1 aromatic heterocycles. The number of oxazole rings is 1. The molecule has 0 spiro atoms. The van der Waals surface area contributed by atoms with E-state index in [4.69, 9.17) is 10.2 Å². The van der Waals surface area contributed by atoms with Crippen LogP contribution < -0.4 is 5.73 Å². The Hall–Kier alpha value is -1.78. The maximum absolute atomic E-state index is 6.12. The lowest BCUT2D eigenvalue weighted by molar-refractivity contribution is 0.487. The van der Waals surface area contributed by atoms with Crippen LogP contribution in [-0.2, 0) is 0 Å². The lowest BCUT2D eigenvalue weighted by Crippen LogP contribution is -2.22. The zero-order valence-electron chi connectivity index (χ0n) is 11.2. The molecule has 3 rings (SSSR count). The van der Waals surface area contributed by atoms with Gasteiger partial charge >= 0.3 is 0 Å². The summed E-state index contributed by atoms with van der Waals surface area (Å²) in [6.07, 6.45) is 0. The number of para-hydroxylation sites is 2. The average Bonchev–Trinajstić information content (AvgIpc) is 2.88. The molecule has 0 aliphatic carbocycles. The molecule has 2 N–H and O–H groups in total. The van der Waals surface area contributed by atoms with E-state index in [1.54, 1.807) is 11.8 Å². The monoisotopic (exact) mass is 284 g/mol. The van der Waals surface area contributed by atoms with Crippen LogP contribution in [0.15, 0.2) is 64.2 Å². The maximum atomic E-state index is 6.12. The molecular formula is C16H16N2OS. The zero-order valence-corrected chi connectivity index (χ0v) is 12.0. The van der Waals surface area contributed by atoms with Crippen molar-refractivity contribution >= 4 is 22.9 Å². The summed E-state index contributed by atoms with van der Waals surface area (Å²) in [5.41, 5.74) is 9.00. The van der Waals surface area contributed by atoms with Crippen molar-refractivity contribution in [3.8, 4) is 0 Å². The molecule has 3 nitrogen and oxygen atoms in total. The smallest absolute Gasteiger partial charge is 0.257 e. The summed E-state index contributed by atoms with van der Waals surface area (Å²) in [5.74, 6) is 0. The standard InChI is InChI=1S/C16H16N2OS/c1-11(17)15(12-7-3-2-4-8-12)20-16-18-13-9-5-6-10-14(13)19-16/h2-11,15H,17H2,1H3. The first kappa shape index (κ1) is 13.2. The van der Waals surface area contributed by atoms with E-state index in [1.165, 1.54) is 5.56 Å². The summed E-state index contributed by atoms with van der Waals surface area (Å²) in [5, 5.41) is 0.793. The number of thioether (sulfide) groups is 1. The molecule has 0 saturated heterocycles. The topological polar surface area (TPSA) is 52.0 Å². The predicted molar refractivity (Wildman–Crippen MR) is 82.7 cm³/mol. The molecule has 2 unspecified atom stereocenters. The molecule has 20 heavy (non-hydrogen) atoms. The van der Waals surface area contributed by atoms with E-state index < -0.39 is 0 Å². The quantitative estimate of drug-likeness (QED) is 0.735. The Kier molecular flexibility index (Phi) is 3.76. The fourth-order valence-electron chi connectivity index (χ4n) is 2.13. The Morgan fingerprint density at radius 2 is 1.75 bits per heavy atom. The van der Waals surface area contributed by atoms with Crippen molar-refractivity contribution in [3.05, 3.63) is 60.2 Å². The highest BCUT2D eigenvalue weighted by molar-refractivity contribution is 7.99. The Morgan fingerprint density at radius 3 is 2.45 bits per heavy atom. The first-order valence-corrected chi connectivity index (χ1v) is 7.45. The average molecular weight is 284 g/mol. The lowest BCUT2D eigenvalue weighted by Gasteiger charge is -2.18. The van der Waals surface area contributed by atoms with E-state index in [9.17, 15) is 0 Å². The number of fused-ring (bicyclic) bond motifs is 1. The van der Waals surface area contributed by atoms with Gasteiger partial charge in [0.15, 0.2) is 5.58 Å². The van der Waals surface area contributed by atoms with Gasteiger partial charge in [-0.05, 0) is 24.6 Å². The second-order valence-corrected chi connectivity index (χ2v) is 5.85. The molecule has 0 aliphatic rings. The van der Waals surface area contributed by atoms with Crippen LogP contribution in [0, 0.1) is 0 Å². The summed E-state index contributed by atoms with van der Waals surface area (Å²) in [7, 11) is 0. The summed E-state index contributed by atoms with van der Waals surface area (Å²) >= 11 is 1.57. The van der Waals surface area contributed by atoms with Crippen LogP contribution >= 0.6 is 11.8 Å². The van der Waals surface area contributed by atoms with Crippen molar-refractivity contribution in [2.24, 2.45) is 5.73 Å². The Bertz CT molecular complexity index is 661. The van der Waals surface area contributed by atoms with E-state index in [2.05, 4.69) is 17.1 Å². The molecule has 0 bridgehead atoms. The first-order valence-electron chi connectivity index (χ1n) is 6.57. The first-order chi connectivity index (χ1) is 9.74. The molecule has 1 heterocycles. The molecule has 2 atom stereocenters. The Morgan fingerprint density at radius 1 is 1.05 bits per heavy atom. The number of hydrogen-bond donors (Lipinski definition) is 1.